The fraction of sp³-hybridized carbons (Fsp3) is 0.290. The molecule has 3 aromatic carbocycles. The van der Waals surface area contributed by atoms with Crippen LogP contribution in [0, 0.1) is 5.82 Å². The van der Waals surface area contributed by atoms with E-state index in [1.807, 2.05) is 30.3 Å². The van der Waals surface area contributed by atoms with Crippen molar-refractivity contribution in [3.8, 4) is 0 Å². The second kappa shape index (κ2) is 14.5. The van der Waals surface area contributed by atoms with Gasteiger partial charge in [-0.25, -0.2) is 19.4 Å². The number of nitrogens with one attached hydrogen (secondary N) is 2. The van der Waals surface area contributed by atoms with Crippen LogP contribution < -0.4 is 15.6 Å². The molecule has 1 aliphatic heterocycles. The second-order valence-electron chi connectivity index (χ2n) is 9.68. The van der Waals surface area contributed by atoms with Crippen LogP contribution in [-0.4, -0.2) is 41.0 Å². The van der Waals surface area contributed by atoms with Crippen LogP contribution in [0.3, 0.4) is 0 Å². The Morgan fingerprint density at radius 3 is 2.44 bits per heavy atom. The number of aryl methyl sites for hydroxylation is 1. The van der Waals surface area contributed by atoms with Crippen LogP contribution in [0.1, 0.15) is 60.5 Å². The number of nitrogens with zero attached hydrogens (tertiary/aromatic N) is 2. The van der Waals surface area contributed by atoms with Crippen molar-refractivity contribution in [2.24, 2.45) is 5.10 Å². The maximum Gasteiger partial charge on any atom is 0.339 e. The predicted octanol–water partition coefficient (Wildman–Crippen LogP) is 6.70. The van der Waals surface area contributed by atoms with E-state index in [4.69, 9.17) is 5.11 Å². The van der Waals surface area contributed by atoms with E-state index >= 15 is 0 Å². The summed E-state index contributed by atoms with van der Waals surface area (Å²) in [4.78, 5) is 39.5. The molecular formula is C31H33FN4O4S. The van der Waals surface area contributed by atoms with Crippen LogP contribution in [0.2, 0.25) is 0 Å². The van der Waals surface area contributed by atoms with Gasteiger partial charge in [0.05, 0.1) is 11.3 Å². The first-order valence-corrected chi connectivity index (χ1v) is 14.7. The molecule has 0 unspecified atom stereocenters. The third-order valence-electron chi connectivity index (χ3n) is 6.65. The zero-order chi connectivity index (χ0) is 29.2. The van der Waals surface area contributed by atoms with Gasteiger partial charge in [0.1, 0.15) is 5.82 Å². The Morgan fingerprint density at radius 1 is 0.976 bits per heavy atom. The molecule has 3 amide bonds. The van der Waals surface area contributed by atoms with Crippen molar-refractivity contribution in [3.05, 3.63) is 89.2 Å². The highest BCUT2D eigenvalue weighted by atomic mass is 32.2. The highest BCUT2D eigenvalue weighted by Crippen LogP contribution is 2.34. The number of urea groups is 1. The molecule has 3 N–H and O–H groups in total. The average molecular weight is 577 g/mol. The normalized spacial score (nSPS) is 13.4. The third-order valence-corrected chi connectivity index (χ3v) is 7.73. The van der Waals surface area contributed by atoms with Gasteiger partial charge in [0.15, 0.2) is 5.71 Å². The zero-order valence-electron chi connectivity index (χ0n) is 22.9. The van der Waals surface area contributed by atoms with E-state index in [-0.39, 0.29) is 17.2 Å². The Bertz CT molecular complexity index is 1410. The molecule has 0 spiro atoms. The molecule has 41 heavy (non-hydrogen) atoms. The van der Waals surface area contributed by atoms with Crippen molar-refractivity contribution in [2.45, 2.75) is 50.3 Å². The lowest BCUT2D eigenvalue weighted by molar-refractivity contribution is -0.112. The van der Waals surface area contributed by atoms with Crippen molar-refractivity contribution in [2.75, 3.05) is 22.5 Å². The number of fused-ring (bicyclic) bond motifs is 1. The minimum Gasteiger partial charge on any atom is -0.478 e. The molecule has 0 fully saturated rings. The molecule has 0 bridgehead atoms. The van der Waals surface area contributed by atoms with Crippen LogP contribution >= 0.6 is 11.8 Å². The molecule has 1 heterocycles. The van der Waals surface area contributed by atoms with E-state index in [0.717, 1.165) is 60.4 Å². The number of anilines is 2. The quantitative estimate of drug-likeness (QED) is 0.119. The summed E-state index contributed by atoms with van der Waals surface area (Å²) >= 11 is 1.66. The Morgan fingerprint density at radius 2 is 1.73 bits per heavy atom. The maximum absolute atomic E-state index is 13.4. The minimum absolute atomic E-state index is 0.172. The van der Waals surface area contributed by atoms with Gasteiger partial charge < -0.3 is 15.3 Å². The van der Waals surface area contributed by atoms with Gasteiger partial charge >= 0.3 is 12.0 Å². The molecule has 214 valence electrons. The van der Waals surface area contributed by atoms with Crippen LogP contribution in [0.4, 0.5) is 20.6 Å². The van der Waals surface area contributed by atoms with Crippen LogP contribution in [0.5, 0.6) is 0 Å². The van der Waals surface area contributed by atoms with E-state index in [0.29, 0.717) is 17.8 Å². The largest absolute Gasteiger partial charge is 0.478 e. The van der Waals surface area contributed by atoms with Crippen LogP contribution in [0.25, 0.3) is 0 Å². The second-order valence-corrected chi connectivity index (χ2v) is 10.9. The Balaban J connectivity index is 1.43. The summed E-state index contributed by atoms with van der Waals surface area (Å²) < 4.78 is 13.2. The van der Waals surface area contributed by atoms with Gasteiger partial charge in [-0.05, 0) is 85.2 Å². The smallest absolute Gasteiger partial charge is 0.339 e. The first-order chi connectivity index (χ1) is 19.9. The summed E-state index contributed by atoms with van der Waals surface area (Å²) in [6, 6.07) is 17.5. The molecule has 1 aliphatic rings. The third kappa shape index (κ3) is 8.17. The standard InChI is InChI=1S/C31H33FN4O4S/c1-2-3-4-5-18-36-27-17-16-25(41-19-6-7-21-8-10-22(11-9-21)30(38)39)20-26(27)28(29(36)37)34-35-31(40)33-24-14-12-23(32)13-15-24/h8-17,20H,2-7,18-19H2,1H3,(H,38,39)(H2,33,35,40)/b34-28+. The molecular weight excluding hydrogens is 543 g/mol. The molecule has 0 aliphatic carbocycles. The molecule has 8 nitrogen and oxygen atoms in total. The van der Waals surface area contributed by atoms with Crippen LogP contribution in [0.15, 0.2) is 76.7 Å². The van der Waals surface area contributed by atoms with E-state index in [1.165, 1.54) is 24.3 Å². The monoisotopic (exact) mass is 576 g/mol. The van der Waals surface area contributed by atoms with Crippen molar-refractivity contribution >= 4 is 46.8 Å². The number of hydrogen-bond donors (Lipinski definition) is 3. The molecule has 3 aromatic rings. The van der Waals surface area contributed by atoms with Gasteiger partial charge in [0.25, 0.3) is 5.91 Å². The number of amides is 3. The molecule has 0 saturated carbocycles. The van der Waals surface area contributed by atoms with Crippen molar-refractivity contribution in [1.82, 2.24) is 5.43 Å². The number of thioether (sulfide) groups is 1. The average Bonchev–Trinajstić information content (AvgIpc) is 3.23. The Labute approximate surface area is 243 Å². The summed E-state index contributed by atoms with van der Waals surface area (Å²) in [7, 11) is 0. The Hall–Kier alpha value is -4.18. The van der Waals surface area contributed by atoms with E-state index in [1.54, 1.807) is 28.8 Å². The maximum atomic E-state index is 13.4. The van der Waals surface area contributed by atoms with E-state index in [9.17, 15) is 18.8 Å². The van der Waals surface area contributed by atoms with Gasteiger partial charge in [0.2, 0.25) is 0 Å². The van der Waals surface area contributed by atoms with Crippen molar-refractivity contribution < 1.29 is 23.9 Å². The summed E-state index contributed by atoms with van der Waals surface area (Å²) in [5.41, 5.74) is 5.77. The number of carbonyl (C=O) groups excluding carboxylic acids is 2. The number of carboxylic acid groups (broad SMARTS) is 1. The molecule has 4 rings (SSSR count). The van der Waals surface area contributed by atoms with Gasteiger partial charge in [-0.1, -0.05) is 38.3 Å². The molecule has 0 saturated heterocycles. The Kier molecular flexibility index (Phi) is 10.5. The van der Waals surface area contributed by atoms with Gasteiger partial charge in [-0.2, -0.15) is 5.10 Å². The molecule has 0 atom stereocenters. The number of carbonyl (C=O) groups is 3. The van der Waals surface area contributed by atoms with Crippen LogP contribution in [-0.2, 0) is 11.2 Å². The number of benzene rings is 3. The molecule has 0 radical (unpaired) electrons. The SMILES string of the molecule is CCCCCCN1C(=O)/C(=N/NC(=O)Nc2ccc(F)cc2)c2cc(SCCCc3ccc(C(=O)O)cc3)ccc21. The highest BCUT2D eigenvalue weighted by Gasteiger charge is 2.34. The number of halogens is 1. The lowest BCUT2D eigenvalue weighted by Crippen LogP contribution is -2.33. The van der Waals surface area contributed by atoms with E-state index < -0.39 is 17.8 Å². The number of rotatable bonds is 13. The fourth-order valence-corrected chi connectivity index (χ4v) is 5.38. The highest BCUT2D eigenvalue weighted by molar-refractivity contribution is 7.99. The first-order valence-electron chi connectivity index (χ1n) is 13.7. The molecule has 10 heteroatoms. The summed E-state index contributed by atoms with van der Waals surface area (Å²) in [6.07, 6.45) is 5.80. The fourth-order valence-electron chi connectivity index (χ4n) is 4.49. The number of hydrazone groups is 1. The van der Waals surface area contributed by atoms with Gasteiger partial charge in [-0.15, -0.1) is 11.8 Å². The first kappa shape index (κ1) is 29.8. The minimum atomic E-state index is -0.937. The predicted molar refractivity (Wildman–Crippen MR) is 160 cm³/mol. The summed E-state index contributed by atoms with van der Waals surface area (Å²) in [6.45, 7) is 2.71. The summed E-state index contributed by atoms with van der Waals surface area (Å²) in [5.74, 6) is -0.774. The molecule has 0 aromatic heterocycles. The zero-order valence-corrected chi connectivity index (χ0v) is 23.7. The summed E-state index contributed by atoms with van der Waals surface area (Å²) in [5, 5.41) is 15.8. The lowest BCUT2D eigenvalue weighted by Gasteiger charge is -2.16. The number of carboxylic acids is 1. The van der Waals surface area contributed by atoms with Crippen molar-refractivity contribution in [3.63, 3.8) is 0 Å². The van der Waals surface area contributed by atoms with Crippen molar-refractivity contribution in [1.29, 1.82) is 0 Å². The lowest BCUT2D eigenvalue weighted by atomic mass is 10.1. The topological polar surface area (TPSA) is 111 Å². The number of hydrogen-bond acceptors (Lipinski definition) is 5. The van der Waals surface area contributed by atoms with E-state index in [2.05, 4.69) is 22.8 Å². The van der Waals surface area contributed by atoms with Gasteiger partial charge in [0, 0.05) is 22.7 Å². The number of unbranched alkanes of at least 4 members (excludes halogenated alkanes) is 3. The number of aromatic carboxylic acids is 1. The van der Waals surface area contributed by atoms with Gasteiger partial charge in [-0.3, -0.25) is 4.79 Å².